The van der Waals surface area contributed by atoms with E-state index >= 15 is 0 Å². The summed E-state index contributed by atoms with van der Waals surface area (Å²) in [7, 11) is 1.59. The summed E-state index contributed by atoms with van der Waals surface area (Å²) in [6.45, 7) is 7.03. The Morgan fingerprint density at radius 1 is 1.21 bits per heavy atom. The lowest BCUT2D eigenvalue weighted by molar-refractivity contribution is 0.0997. The molecule has 5 heteroatoms. The van der Waals surface area contributed by atoms with Gasteiger partial charge in [0.05, 0.1) is 17.3 Å². The number of hydrogen-bond acceptors (Lipinski definition) is 3. The highest BCUT2D eigenvalue weighted by molar-refractivity contribution is 7.16. The third kappa shape index (κ3) is 2.87. The van der Waals surface area contributed by atoms with E-state index in [0.717, 1.165) is 11.3 Å². The van der Waals surface area contributed by atoms with E-state index in [1.54, 1.807) is 36.6 Å². The largest absolute Gasteiger partial charge is 0.497 e. The van der Waals surface area contributed by atoms with Crippen LogP contribution < -0.4 is 9.54 Å². The van der Waals surface area contributed by atoms with Crippen LogP contribution >= 0.6 is 11.3 Å². The molecule has 124 valence electrons. The predicted octanol–water partition coefficient (Wildman–Crippen LogP) is 4.09. The predicted molar refractivity (Wildman–Crippen MR) is 97.9 cm³/mol. The van der Waals surface area contributed by atoms with Gasteiger partial charge in [-0.05, 0) is 50.1 Å². The third-order valence-corrected chi connectivity index (χ3v) is 5.27. The van der Waals surface area contributed by atoms with Gasteiger partial charge in [0.1, 0.15) is 5.75 Å². The van der Waals surface area contributed by atoms with Crippen LogP contribution in [0.4, 0.5) is 0 Å². The van der Waals surface area contributed by atoms with Crippen molar-refractivity contribution in [3.05, 3.63) is 57.9 Å². The fraction of sp³-hybridized carbons (Fsp3) is 0.263. The number of carbonyl (C=O) groups excluding carboxylic acids is 1. The molecule has 0 radical (unpaired) electrons. The van der Waals surface area contributed by atoms with E-state index in [-0.39, 0.29) is 5.91 Å². The molecule has 1 aromatic heterocycles. The molecule has 0 aliphatic rings. The molecule has 0 saturated heterocycles. The minimum Gasteiger partial charge on any atom is -0.497 e. The minimum atomic E-state index is -0.252. The molecule has 1 amide bonds. The number of ether oxygens (including phenoxy) is 1. The average molecular weight is 340 g/mol. The topological polar surface area (TPSA) is 43.6 Å². The number of carbonyl (C=O) groups is 1. The van der Waals surface area contributed by atoms with Crippen molar-refractivity contribution in [3.8, 4) is 5.75 Å². The zero-order valence-corrected chi connectivity index (χ0v) is 15.1. The van der Waals surface area contributed by atoms with Gasteiger partial charge in [0.25, 0.3) is 5.91 Å². The van der Waals surface area contributed by atoms with Crippen molar-refractivity contribution in [3.63, 3.8) is 0 Å². The second-order valence-electron chi connectivity index (χ2n) is 5.65. The first-order valence-corrected chi connectivity index (χ1v) is 8.69. The van der Waals surface area contributed by atoms with Crippen molar-refractivity contribution in [2.45, 2.75) is 27.3 Å². The molecule has 3 aromatic rings. The maximum Gasteiger partial charge on any atom is 0.279 e. The first-order chi connectivity index (χ1) is 11.5. The molecular formula is C19H20N2O2S. The highest BCUT2D eigenvalue weighted by atomic mass is 32.1. The van der Waals surface area contributed by atoms with E-state index < -0.39 is 0 Å². The summed E-state index contributed by atoms with van der Waals surface area (Å²) >= 11 is 1.57. The maximum atomic E-state index is 12.6. The monoisotopic (exact) mass is 340 g/mol. The van der Waals surface area contributed by atoms with Crippen molar-refractivity contribution in [1.82, 2.24) is 4.57 Å². The van der Waals surface area contributed by atoms with Gasteiger partial charge in [0, 0.05) is 12.1 Å². The van der Waals surface area contributed by atoms with Gasteiger partial charge in [0.15, 0.2) is 4.80 Å². The molecule has 1 heterocycles. The van der Waals surface area contributed by atoms with Crippen LogP contribution in [-0.4, -0.2) is 17.6 Å². The molecule has 4 nitrogen and oxygen atoms in total. The summed E-state index contributed by atoms with van der Waals surface area (Å²) < 4.78 is 8.48. The molecule has 0 spiro atoms. The van der Waals surface area contributed by atoms with Gasteiger partial charge >= 0.3 is 0 Å². The molecule has 0 aliphatic heterocycles. The molecule has 0 saturated carbocycles. The van der Waals surface area contributed by atoms with Crippen molar-refractivity contribution in [1.29, 1.82) is 0 Å². The van der Waals surface area contributed by atoms with E-state index in [0.29, 0.717) is 11.3 Å². The molecule has 0 N–H and O–H groups in total. The lowest BCUT2D eigenvalue weighted by Gasteiger charge is -2.05. The molecule has 3 rings (SSSR count). The SMILES string of the molecule is CCn1c(=NC(=O)c2cccc(OC)c2)sc2c(C)ccc(C)c21. The van der Waals surface area contributed by atoms with Crippen LogP contribution in [0, 0.1) is 13.8 Å². The van der Waals surface area contributed by atoms with Crippen molar-refractivity contribution in [2.75, 3.05) is 7.11 Å². The van der Waals surface area contributed by atoms with Crippen LogP contribution in [0.25, 0.3) is 10.2 Å². The van der Waals surface area contributed by atoms with E-state index in [1.165, 1.54) is 21.3 Å². The highest BCUT2D eigenvalue weighted by Crippen LogP contribution is 2.25. The zero-order valence-electron chi connectivity index (χ0n) is 14.3. The van der Waals surface area contributed by atoms with Crippen LogP contribution in [0.3, 0.4) is 0 Å². The Kier molecular flexibility index (Phi) is 4.53. The smallest absolute Gasteiger partial charge is 0.279 e. The third-order valence-electron chi connectivity index (χ3n) is 4.05. The number of aryl methyl sites for hydroxylation is 3. The van der Waals surface area contributed by atoms with Gasteiger partial charge in [-0.2, -0.15) is 4.99 Å². The number of benzene rings is 2. The maximum absolute atomic E-state index is 12.6. The molecule has 0 bridgehead atoms. The van der Waals surface area contributed by atoms with Crippen molar-refractivity contribution >= 4 is 27.5 Å². The fourth-order valence-corrected chi connectivity index (χ4v) is 4.00. The number of thiazole rings is 1. The lowest BCUT2D eigenvalue weighted by Crippen LogP contribution is -2.16. The molecule has 0 unspecified atom stereocenters. The molecular weight excluding hydrogens is 320 g/mol. The lowest BCUT2D eigenvalue weighted by atomic mass is 10.1. The molecule has 0 atom stereocenters. The van der Waals surface area contributed by atoms with Gasteiger partial charge in [-0.15, -0.1) is 0 Å². The van der Waals surface area contributed by atoms with Crippen LogP contribution in [0.15, 0.2) is 41.4 Å². The van der Waals surface area contributed by atoms with Crippen LogP contribution in [0.2, 0.25) is 0 Å². The first kappa shape index (κ1) is 16.5. The van der Waals surface area contributed by atoms with Gasteiger partial charge in [-0.25, -0.2) is 0 Å². The molecule has 0 aliphatic carbocycles. The highest BCUT2D eigenvalue weighted by Gasteiger charge is 2.12. The Hall–Kier alpha value is -2.40. The number of aromatic nitrogens is 1. The Morgan fingerprint density at radius 3 is 2.67 bits per heavy atom. The van der Waals surface area contributed by atoms with Gasteiger partial charge < -0.3 is 9.30 Å². The number of hydrogen-bond donors (Lipinski definition) is 0. The Bertz CT molecular complexity index is 983. The standard InChI is InChI=1S/C19H20N2O2S/c1-5-21-16-12(2)9-10-13(3)17(16)24-19(21)20-18(22)14-7-6-8-15(11-14)23-4/h6-11H,5H2,1-4H3. The second kappa shape index (κ2) is 6.61. The van der Waals surface area contributed by atoms with Crippen LogP contribution in [-0.2, 0) is 6.54 Å². The number of methoxy groups -OCH3 is 1. The number of fused-ring (bicyclic) bond motifs is 1. The van der Waals surface area contributed by atoms with Gasteiger partial charge in [-0.1, -0.05) is 29.5 Å². The van der Waals surface area contributed by atoms with E-state index in [9.17, 15) is 4.79 Å². The number of rotatable bonds is 3. The van der Waals surface area contributed by atoms with Crippen LogP contribution in [0.1, 0.15) is 28.4 Å². The minimum absolute atomic E-state index is 0.252. The van der Waals surface area contributed by atoms with Crippen LogP contribution in [0.5, 0.6) is 5.75 Å². The Labute approximate surface area is 145 Å². The number of amides is 1. The summed E-state index contributed by atoms with van der Waals surface area (Å²) in [5, 5.41) is 0. The second-order valence-corrected chi connectivity index (χ2v) is 6.63. The normalized spacial score (nSPS) is 11.9. The number of nitrogens with zero attached hydrogens (tertiary/aromatic N) is 2. The van der Waals surface area contributed by atoms with Crippen molar-refractivity contribution < 1.29 is 9.53 Å². The average Bonchev–Trinajstić information content (AvgIpc) is 2.97. The molecule has 24 heavy (non-hydrogen) atoms. The quantitative estimate of drug-likeness (QED) is 0.721. The Balaban J connectivity index is 2.18. The van der Waals surface area contributed by atoms with Gasteiger partial charge in [-0.3, -0.25) is 4.79 Å². The Morgan fingerprint density at radius 2 is 1.96 bits per heavy atom. The first-order valence-electron chi connectivity index (χ1n) is 7.87. The fourth-order valence-electron chi connectivity index (χ4n) is 2.76. The van der Waals surface area contributed by atoms with E-state index in [4.69, 9.17) is 4.74 Å². The van der Waals surface area contributed by atoms with E-state index in [1.807, 2.05) is 6.07 Å². The summed E-state index contributed by atoms with van der Waals surface area (Å²) in [4.78, 5) is 17.7. The van der Waals surface area contributed by atoms with E-state index in [2.05, 4.69) is 42.5 Å². The molecule has 0 fully saturated rings. The molecule has 2 aromatic carbocycles. The summed E-state index contributed by atoms with van der Waals surface area (Å²) in [6, 6.07) is 11.3. The summed E-state index contributed by atoms with van der Waals surface area (Å²) in [6.07, 6.45) is 0. The summed E-state index contributed by atoms with van der Waals surface area (Å²) in [5.74, 6) is 0.403. The van der Waals surface area contributed by atoms with Gasteiger partial charge in [0.2, 0.25) is 0 Å². The zero-order chi connectivity index (χ0) is 17.3. The summed E-state index contributed by atoms with van der Waals surface area (Å²) in [5.41, 5.74) is 4.10. The van der Waals surface area contributed by atoms with Crippen molar-refractivity contribution in [2.24, 2.45) is 4.99 Å².